The van der Waals surface area contributed by atoms with E-state index in [1.54, 1.807) is 7.11 Å². The molecule has 1 aliphatic heterocycles. The lowest BCUT2D eigenvalue weighted by atomic mass is 10.0. The van der Waals surface area contributed by atoms with Gasteiger partial charge in [-0.05, 0) is 38.1 Å². The molecule has 0 amide bonds. The molecule has 1 aliphatic rings. The highest BCUT2D eigenvalue weighted by Gasteiger charge is 2.21. The maximum absolute atomic E-state index is 5.95. The molecular formula is C15H24N2O2. The van der Waals surface area contributed by atoms with Crippen molar-refractivity contribution < 1.29 is 9.47 Å². The fraction of sp³-hybridized carbons (Fsp3) is 0.600. The first kappa shape index (κ1) is 14.3. The molecule has 0 saturated carbocycles. The highest BCUT2D eigenvalue weighted by molar-refractivity contribution is 5.38. The molecule has 0 bridgehead atoms. The van der Waals surface area contributed by atoms with Gasteiger partial charge in [0.2, 0.25) is 0 Å². The SMILES string of the molecule is COc1ccc(C(C)N)cc1CN(C)C1CCOC1. The summed E-state index contributed by atoms with van der Waals surface area (Å²) in [5.41, 5.74) is 8.28. The van der Waals surface area contributed by atoms with Crippen molar-refractivity contribution in [1.82, 2.24) is 4.90 Å². The van der Waals surface area contributed by atoms with E-state index in [1.165, 1.54) is 5.56 Å². The van der Waals surface area contributed by atoms with Crippen molar-refractivity contribution in [1.29, 1.82) is 0 Å². The number of nitrogens with zero attached hydrogens (tertiary/aromatic N) is 1. The van der Waals surface area contributed by atoms with Crippen LogP contribution in [0.25, 0.3) is 0 Å². The van der Waals surface area contributed by atoms with Crippen LogP contribution in [0.15, 0.2) is 18.2 Å². The smallest absolute Gasteiger partial charge is 0.123 e. The van der Waals surface area contributed by atoms with Crippen LogP contribution >= 0.6 is 0 Å². The van der Waals surface area contributed by atoms with E-state index in [1.807, 2.05) is 19.1 Å². The van der Waals surface area contributed by atoms with Crippen LogP contribution in [-0.2, 0) is 11.3 Å². The molecule has 2 atom stereocenters. The molecule has 106 valence electrons. The number of likely N-dealkylation sites (N-methyl/N-ethyl adjacent to an activating group) is 1. The van der Waals surface area contributed by atoms with Gasteiger partial charge in [-0.3, -0.25) is 4.90 Å². The first-order valence-electron chi connectivity index (χ1n) is 6.82. The van der Waals surface area contributed by atoms with Crippen LogP contribution in [0, 0.1) is 0 Å². The molecule has 0 spiro atoms. The van der Waals surface area contributed by atoms with Crippen LogP contribution in [0.2, 0.25) is 0 Å². The minimum Gasteiger partial charge on any atom is -0.496 e. The lowest BCUT2D eigenvalue weighted by molar-refractivity contribution is 0.156. The molecule has 1 saturated heterocycles. The number of methoxy groups -OCH3 is 1. The van der Waals surface area contributed by atoms with Gasteiger partial charge in [0.1, 0.15) is 5.75 Å². The number of rotatable bonds is 5. The van der Waals surface area contributed by atoms with E-state index in [2.05, 4.69) is 18.0 Å². The Labute approximate surface area is 115 Å². The third-order valence-electron chi connectivity index (χ3n) is 3.78. The van der Waals surface area contributed by atoms with Crippen LogP contribution in [0.3, 0.4) is 0 Å². The topological polar surface area (TPSA) is 47.7 Å². The van der Waals surface area contributed by atoms with Gasteiger partial charge in [-0.25, -0.2) is 0 Å². The van der Waals surface area contributed by atoms with Gasteiger partial charge in [0.05, 0.1) is 13.7 Å². The van der Waals surface area contributed by atoms with Crippen LogP contribution in [0.5, 0.6) is 5.75 Å². The van der Waals surface area contributed by atoms with E-state index in [0.717, 1.165) is 37.5 Å². The first-order valence-corrected chi connectivity index (χ1v) is 6.82. The zero-order chi connectivity index (χ0) is 13.8. The van der Waals surface area contributed by atoms with Gasteiger partial charge in [-0.2, -0.15) is 0 Å². The van der Waals surface area contributed by atoms with E-state index in [9.17, 15) is 0 Å². The van der Waals surface area contributed by atoms with Crippen LogP contribution < -0.4 is 10.5 Å². The molecule has 4 nitrogen and oxygen atoms in total. The Hall–Kier alpha value is -1.10. The average molecular weight is 264 g/mol. The number of nitrogens with two attached hydrogens (primary N) is 1. The maximum Gasteiger partial charge on any atom is 0.123 e. The third-order valence-corrected chi connectivity index (χ3v) is 3.78. The summed E-state index contributed by atoms with van der Waals surface area (Å²) in [6.07, 6.45) is 1.10. The van der Waals surface area contributed by atoms with Gasteiger partial charge in [0.15, 0.2) is 0 Å². The maximum atomic E-state index is 5.95. The Balaban J connectivity index is 2.14. The minimum atomic E-state index is 0.0461. The van der Waals surface area contributed by atoms with E-state index >= 15 is 0 Å². The molecule has 1 aromatic carbocycles. The Kier molecular flexibility index (Phi) is 4.80. The quantitative estimate of drug-likeness (QED) is 0.883. The molecule has 0 radical (unpaired) electrons. The van der Waals surface area contributed by atoms with E-state index in [0.29, 0.717) is 6.04 Å². The Morgan fingerprint density at radius 1 is 1.53 bits per heavy atom. The monoisotopic (exact) mass is 264 g/mol. The van der Waals surface area contributed by atoms with Crippen LogP contribution in [0.1, 0.15) is 30.5 Å². The zero-order valence-corrected chi connectivity index (χ0v) is 12.1. The summed E-state index contributed by atoms with van der Waals surface area (Å²) < 4.78 is 10.9. The molecule has 2 unspecified atom stereocenters. The Morgan fingerprint density at radius 2 is 2.32 bits per heavy atom. The highest BCUT2D eigenvalue weighted by Crippen LogP contribution is 2.25. The highest BCUT2D eigenvalue weighted by atomic mass is 16.5. The van der Waals surface area contributed by atoms with Gasteiger partial charge in [0, 0.05) is 30.8 Å². The summed E-state index contributed by atoms with van der Waals surface area (Å²) in [6, 6.07) is 6.74. The van der Waals surface area contributed by atoms with Crippen molar-refractivity contribution in [2.75, 3.05) is 27.4 Å². The Bertz CT molecular complexity index is 415. The van der Waals surface area contributed by atoms with Crippen molar-refractivity contribution >= 4 is 0 Å². The molecule has 1 heterocycles. The summed E-state index contributed by atoms with van der Waals surface area (Å²) in [4.78, 5) is 2.33. The van der Waals surface area contributed by atoms with Gasteiger partial charge in [-0.15, -0.1) is 0 Å². The molecule has 4 heteroatoms. The zero-order valence-electron chi connectivity index (χ0n) is 12.1. The molecule has 2 rings (SSSR count). The van der Waals surface area contributed by atoms with E-state index in [-0.39, 0.29) is 6.04 Å². The molecule has 19 heavy (non-hydrogen) atoms. The van der Waals surface area contributed by atoms with Crippen molar-refractivity contribution in [2.24, 2.45) is 5.73 Å². The minimum absolute atomic E-state index is 0.0461. The Morgan fingerprint density at radius 3 is 2.89 bits per heavy atom. The fourth-order valence-corrected chi connectivity index (χ4v) is 2.47. The van der Waals surface area contributed by atoms with Gasteiger partial charge in [0.25, 0.3) is 0 Å². The molecule has 2 N–H and O–H groups in total. The van der Waals surface area contributed by atoms with Crippen LogP contribution in [0.4, 0.5) is 0 Å². The lowest BCUT2D eigenvalue weighted by Gasteiger charge is -2.24. The second kappa shape index (κ2) is 6.37. The summed E-state index contributed by atoms with van der Waals surface area (Å²) in [5.74, 6) is 0.926. The molecule has 0 aliphatic carbocycles. The van der Waals surface area contributed by atoms with Gasteiger partial charge >= 0.3 is 0 Å². The molecule has 0 aromatic heterocycles. The third kappa shape index (κ3) is 3.47. The largest absolute Gasteiger partial charge is 0.496 e. The molecular weight excluding hydrogens is 240 g/mol. The second-order valence-corrected chi connectivity index (χ2v) is 5.29. The number of hydrogen-bond donors (Lipinski definition) is 1. The number of hydrogen-bond acceptors (Lipinski definition) is 4. The van der Waals surface area contributed by atoms with Crippen molar-refractivity contribution in [3.63, 3.8) is 0 Å². The van der Waals surface area contributed by atoms with Crippen LogP contribution in [-0.4, -0.2) is 38.3 Å². The average Bonchev–Trinajstić information content (AvgIpc) is 2.92. The van der Waals surface area contributed by atoms with Gasteiger partial charge in [-0.1, -0.05) is 6.07 Å². The van der Waals surface area contributed by atoms with E-state index < -0.39 is 0 Å². The van der Waals surface area contributed by atoms with Crippen molar-refractivity contribution in [3.05, 3.63) is 29.3 Å². The lowest BCUT2D eigenvalue weighted by Crippen LogP contribution is -2.31. The number of benzene rings is 1. The summed E-state index contributed by atoms with van der Waals surface area (Å²) >= 11 is 0. The predicted octanol–water partition coefficient (Wildman–Crippen LogP) is 1.94. The first-order chi connectivity index (χ1) is 9.11. The predicted molar refractivity (Wildman–Crippen MR) is 76.3 cm³/mol. The molecule has 1 fully saturated rings. The second-order valence-electron chi connectivity index (χ2n) is 5.29. The van der Waals surface area contributed by atoms with E-state index in [4.69, 9.17) is 15.2 Å². The van der Waals surface area contributed by atoms with Gasteiger partial charge < -0.3 is 15.2 Å². The summed E-state index contributed by atoms with van der Waals surface area (Å²) in [7, 11) is 3.85. The summed E-state index contributed by atoms with van der Waals surface area (Å²) in [5, 5.41) is 0. The van der Waals surface area contributed by atoms with Crippen molar-refractivity contribution in [3.8, 4) is 5.75 Å². The fourth-order valence-electron chi connectivity index (χ4n) is 2.47. The standard InChI is InChI=1S/C15H24N2O2/c1-11(16)12-4-5-15(18-3)13(8-12)9-17(2)14-6-7-19-10-14/h4-5,8,11,14H,6-7,9-10,16H2,1-3H3. The molecule has 1 aromatic rings. The normalized spacial score (nSPS) is 20.8. The number of ether oxygens (including phenoxy) is 2. The van der Waals surface area contributed by atoms with Crippen molar-refractivity contribution in [2.45, 2.75) is 32.0 Å². The summed E-state index contributed by atoms with van der Waals surface area (Å²) in [6.45, 7) is 4.55.